The number of nitro benzene ring substituents is 1. The second-order valence-corrected chi connectivity index (χ2v) is 6.22. The molecule has 0 atom stereocenters. The van der Waals surface area contributed by atoms with E-state index in [0.29, 0.717) is 5.69 Å². The predicted molar refractivity (Wildman–Crippen MR) is 111 cm³/mol. The van der Waals surface area contributed by atoms with Crippen LogP contribution in [0.4, 0.5) is 28.4 Å². The van der Waals surface area contributed by atoms with Gasteiger partial charge in [-0.15, -0.1) is 10.2 Å². The Morgan fingerprint density at radius 1 is 1.06 bits per heavy atom. The second-order valence-electron chi connectivity index (χ2n) is 6.22. The molecule has 2 amide bonds. The van der Waals surface area contributed by atoms with E-state index in [1.165, 1.54) is 32.0 Å². The van der Waals surface area contributed by atoms with Crippen molar-refractivity contribution < 1.29 is 14.5 Å². The van der Waals surface area contributed by atoms with Gasteiger partial charge in [0, 0.05) is 30.3 Å². The molecule has 154 valence electrons. The summed E-state index contributed by atoms with van der Waals surface area (Å²) in [7, 11) is 0. The molecule has 0 fully saturated rings. The molecule has 11 nitrogen and oxygen atoms in total. The Bertz CT molecular complexity index is 1180. The van der Waals surface area contributed by atoms with E-state index in [1.54, 1.807) is 12.1 Å². The van der Waals surface area contributed by atoms with Crippen LogP contribution in [0.2, 0.25) is 0 Å². The van der Waals surface area contributed by atoms with Crippen molar-refractivity contribution in [3.8, 4) is 12.1 Å². The first kappa shape index (κ1) is 22.4. The van der Waals surface area contributed by atoms with E-state index >= 15 is 0 Å². The highest BCUT2D eigenvalue weighted by Crippen LogP contribution is 2.33. The Morgan fingerprint density at radius 2 is 1.68 bits per heavy atom. The fourth-order valence-electron chi connectivity index (χ4n) is 2.34. The van der Waals surface area contributed by atoms with Crippen molar-refractivity contribution in [2.45, 2.75) is 13.8 Å². The highest BCUT2D eigenvalue weighted by molar-refractivity contribution is 6.03. The van der Waals surface area contributed by atoms with Crippen LogP contribution in [0.15, 0.2) is 52.7 Å². The summed E-state index contributed by atoms with van der Waals surface area (Å²) < 4.78 is 0. The maximum absolute atomic E-state index is 11.8. The highest BCUT2D eigenvalue weighted by atomic mass is 16.6. The monoisotopic (exact) mass is 417 g/mol. The molecule has 0 bridgehead atoms. The quantitative estimate of drug-likeness (QED) is 0.308. The summed E-state index contributed by atoms with van der Waals surface area (Å²) in [6.45, 7) is 6.36. The first-order valence-corrected chi connectivity index (χ1v) is 8.59. The third-order valence-corrected chi connectivity index (χ3v) is 3.76. The van der Waals surface area contributed by atoms with E-state index in [0.717, 1.165) is 12.1 Å². The smallest absolute Gasteiger partial charge is 0.272 e. The number of hydrogen-bond acceptors (Lipinski definition) is 8. The maximum atomic E-state index is 11.8. The topological polar surface area (TPSA) is 174 Å². The van der Waals surface area contributed by atoms with E-state index in [4.69, 9.17) is 0 Å². The molecular formula is C20H15N7O4. The minimum absolute atomic E-state index is 0.149. The average molecular weight is 417 g/mol. The fraction of sp³-hybridized carbons (Fsp3) is 0.100. The van der Waals surface area contributed by atoms with Gasteiger partial charge in [-0.05, 0) is 25.1 Å². The van der Waals surface area contributed by atoms with Crippen molar-refractivity contribution in [2.75, 3.05) is 10.6 Å². The predicted octanol–water partition coefficient (Wildman–Crippen LogP) is 4.23. The Morgan fingerprint density at radius 3 is 2.16 bits per heavy atom. The second kappa shape index (κ2) is 9.54. The minimum Gasteiger partial charge on any atom is -0.324 e. The Hall–Kier alpha value is -4.90. The lowest BCUT2D eigenvalue weighted by atomic mass is 10.1. The van der Waals surface area contributed by atoms with E-state index in [2.05, 4.69) is 27.4 Å². The van der Waals surface area contributed by atoms with Gasteiger partial charge in [-0.1, -0.05) is 6.58 Å². The number of nitro groups is 1. The van der Waals surface area contributed by atoms with Crippen LogP contribution in [0.1, 0.15) is 25.0 Å². The molecule has 0 radical (unpaired) electrons. The number of carbonyl (C=O) groups excluding carboxylic acids is 2. The van der Waals surface area contributed by atoms with Crippen LogP contribution in [0.25, 0.3) is 0 Å². The van der Waals surface area contributed by atoms with E-state index < -0.39 is 22.4 Å². The third kappa shape index (κ3) is 5.56. The molecule has 2 aromatic rings. The molecule has 2 rings (SSSR count). The summed E-state index contributed by atoms with van der Waals surface area (Å²) in [5, 5.41) is 42.6. The van der Waals surface area contributed by atoms with Gasteiger partial charge in [-0.2, -0.15) is 10.5 Å². The van der Waals surface area contributed by atoms with Crippen LogP contribution < -0.4 is 10.6 Å². The summed E-state index contributed by atoms with van der Waals surface area (Å²) in [4.78, 5) is 33.6. The first-order chi connectivity index (χ1) is 14.7. The van der Waals surface area contributed by atoms with Crippen molar-refractivity contribution in [3.63, 3.8) is 0 Å². The number of non-ortho nitro benzene ring substituents is 1. The van der Waals surface area contributed by atoms with Gasteiger partial charge in [0.25, 0.3) is 11.6 Å². The maximum Gasteiger partial charge on any atom is 0.272 e. The number of rotatable bonds is 6. The van der Waals surface area contributed by atoms with Gasteiger partial charge in [-0.3, -0.25) is 19.7 Å². The van der Waals surface area contributed by atoms with Gasteiger partial charge in [0.2, 0.25) is 5.91 Å². The van der Waals surface area contributed by atoms with Gasteiger partial charge in [0.1, 0.15) is 23.5 Å². The summed E-state index contributed by atoms with van der Waals surface area (Å²) in [6, 6.07) is 9.89. The zero-order chi connectivity index (χ0) is 23.1. The largest absolute Gasteiger partial charge is 0.324 e. The number of amides is 2. The van der Waals surface area contributed by atoms with Crippen molar-refractivity contribution in [1.29, 1.82) is 10.5 Å². The molecule has 11 heteroatoms. The summed E-state index contributed by atoms with van der Waals surface area (Å²) in [6.07, 6.45) is 0. The van der Waals surface area contributed by atoms with E-state index in [-0.39, 0.29) is 33.8 Å². The highest BCUT2D eigenvalue weighted by Gasteiger charge is 2.17. The van der Waals surface area contributed by atoms with E-state index in [1.807, 2.05) is 0 Å². The lowest BCUT2D eigenvalue weighted by molar-refractivity contribution is -0.384. The number of hydrogen-bond donors (Lipinski definition) is 2. The molecule has 31 heavy (non-hydrogen) atoms. The van der Waals surface area contributed by atoms with Crippen LogP contribution in [0.5, 0.6) is 0 Å². The van der Waals surface area contributed by atoms with Gasteiger partial charge >= 0.3 is 0 Å². The van der Waals surface area contributed by atoms with Gasteiger partial charge < -0.3 is 10.6 Å². The third-order valence-electron chi connectivity index (χ3n) is 3.76. The molecule has 0 saturated heterocycles. The summed E-state index contributed by atoms with van der Waals surface area (Å²) in [5.74, 6) is -0.822. The van der Waals surface area contributed by atoms with Gasteiger partial charge in [0.15, 0.2) is 0 Å². The first-order valence-electron chi connectivity index (χ1n) is 8.59. The lowest BCUT2D eigenvalue weighted by Gasteiger charge is -2.10. The number of azo groups is 1. The van der Waals surface area contributed by atoms with Gasteiger partial charge in [-0.25, -0.2) is 0 Å². The minimum atomic E-state index is -0.727. The summed E-state index contributed by atoms with van der Waals surface area (Å²) in [5.41, 5.74) is 0.0244. The SMILES string of the molecule is C=C(C)C(=O)Nc1ccc(N=Nc2c(C#N)cc([N+](=O)[O-])cc2C#N)c(NC(C)=O)c1. The molecule has 0 heterocycles. The lowest BCUT2D eigenvalue weighted by Crippen LogP contribution is -2.12. The molecule has 2 N–H and O–H groups in total. The number of nitrogens with zero attached hydrogens (tertiary/aromatic N) is 5. The number of nitriles is 2. The number of nitrogens with one attached hydrogen (secondary N) is 2. The molecule has 0 unspecified atom stereocenters. The number of benzene rings is 2. The normalized spacial score (nSPS) is 10.1. The molecule has 0 aliphatic carbocycles. The number of anilines is 2. The van der Waals surface area contributed by atoms with Crippen LogP contribution >= 0.6 is 0 Å². The van der Waals surface area contributed by atoms with Crippen molar-refractivity contribution in [2.24, 2.45) is 10.2 Å². The Labute approximate surface area is 176 Å². The summed E-state index contributed by atoms with van der Waals surface area (Å²) >= 11 is 0. The Balaban J connectivity index is 2.52. The van der Waals surface area contributed by atoms with Crippen molar-refractivity contribution in [3.05, 3.63) is 63.7 Å². The zero-order valence-corrected chi connectivity index (χ0v) is 16.5. The van der Waals surface area contributed by atoms with Crippen molar-refractivity contribution >= 4 is 40.3 Å². The standard InChI is InChI=1S/C20H15N7O4/c1-11(2)20(29)24-15-4-5-17(18(8-15)23-12(3)28)25-26-19-13(9-21)6-16(27(30)31)7-14(19)10-22/h4-8H,1H2,2-3H3,(H,23,28)(H,24,29). The van der Waals surface area contributed by atoms with Gasteiger partial charge in [0.05, 0.1) is 21.7 Å². The molecule has 0 saturated carbocycles. The zero-order valence-electron chi connectivity index (χ0n) is 16.5. The molecule has 0 spiro atoms. The fourth-order valence-corrected chi connectivity index (χ4v) is 2.34. The van der Waals surface area contributed by atoms with E-state index in [9.17, 15) is 30.2 Å². The van der Waals surface area contributed by atoms with Crippen LogP contribution in [0, 0.1) is 32.8 Å². The van der Waals surface area contributed by atoms with Crippen LogP contribution in [-0.2, 0) is 9.59 Å². The molecule has 0 aliphatic rings. The van der Waals surface area contributed by atoms with Crippen molar-refractivity contribution in [1.82, 2.24) is 0 Å². The molecular weight excluding hydrogens is 402 g/mol. The molecule has 2 aromatic carbocycles. The molecule has 0 aromatic heterocycles. The average Bonchev–Trinajstić information content (AvgIpc) is 2.71. The Kier molecular flexibility index (Phi) is 6.89. The van der Waals surface area contributed by atoms with Crippen LogP contribution in [0.3, 0.4) is 0 Å². The number of carbonyl (C=O) groups is 2. The molecule has 0 aliphatic heterocycles. The van der Waals surface area contributed by atoms with Crippen LogP contribution in [-0.4, -0.2) is 16.7 Å².